The first kappa shape index (κ1) is 18.6. The summed E-state index contributed by atoms with van der Waals surface area (Å²) in [6.07, 6.45) is 4.04. The van der Waals surface area contributed by atoms with Crippen molar-refractivity contribution in [3.05, 3.63) is 94.2 Å². The topological polar surface area (TPSA) is 27.1 Å². The lowest BCUT2D eigenvalue weighted by Gasteiger charge is -2.10. The Morgan fingerprint density at radius 2 is 1.61 bits per heavy atom. The van der Waals surface area contributed by atoms with Gasteiger partial charge in [0.05, 0.1) is 22.6 Å². The average Bonchev–Trinajstić information content (AvgIpc) is 3.07. The van der Waals surface area contributed by atoms with E-state index in [0.717, 1.165) is 27.4 Å². The molecule has 0 aliphatic rings. The molecule has 1 aromatic heterocycles. The zero-order chi connectivity index (χ0) is 19.3. The lowest BCUT2D eigenvalue weighted by Crippen LogP contribution is -2.09. The van der Waals surface area contributed by atoms with Gasteiger partial charge < -0.3 is 9.30 Å². The minimum absolute atomic E-state index is 0.492. The molecule has 0 unspecified atom stereocenters. The normalized spacial score (nSPS) is 11.4. The van der Waals surface area contributed by atoms with Crippen LogP contribution in [0.3, 0.4) is 0 Å². The van der Waals surface area contributed by atoms with E-state index in [0.29, 0.717) is 23.9 Å². The maximum atomic E-state index is 6.18. The molecule has 0 bridgehead atoms. The van der Waals surface area contributed by atoms with Gasteiger partial charge in [-0.3, -0.25) is 0 Å². The van der Waals surface area contributed by atoms with E-state index in [2.05, 4.69) is 10.6 Å². The first-order chi connectivity index (χ1) is 13.7. The summed E-state index contributed by atoms with van der Waals surface area (Å²) in [5.41, 5.74) is 3.09. The molecule has 28 heavy (non-hydrogen) atoms. The molecule has 0 saturated heterocycles. The van der Waals surface area contributed by atoms with Gasteiger partial charge in [0.25, 0.3) is 0 Å². The van der Waals surface area contributed by atoms with Gasteiger partial charge in [0.15, 0.2) is 0 Å². The average molecular weight is 409 g/mol. The Balaban J connectivity index is 1.58. The van der Waals surface area contributed by atoms with E-state index in [-0.39, 0.29) is 0 Å². The molecule has 0 fully saturated rings. The zero-order valence-corrected chi connectivity index (χ0v) is 16.6. The van der Waals surface area contributed by atoms with Crippen LogP contribution in [0, 0.1) is 0 Å². The lowest BCUT2D eigenvalue weighted by molar-refractivity contribution is 0.300. The summed E-state index contributed by atoms with van der Waals surface area (Å²) in [4.78, 5) is 4.76. The molecule has 5 heteroatoms. The highest BCUT2D eigenvalue weighted by atomic mass is 35.5. The lowest BCUT2D eigenvalue weighted by atomic mass is 10.2. The molecule has 0 radical (unpaired) electrons. The van der Waals surface area contributed by atoms with Crippen molar-refractivity contribution < 1.29 is 4.74 Å². The van der Waals surface area contributed by atoms with Crippen molar-refractivity contribution in [1.82, 2.24) is 9.55 Å². The summed E-state index contributed by atoms with van der Waals surface area (Å²) in [7, 11) is 0. The highest BCUT2D eigenvalue weighted by Gasteiger charge is 2.09. The van der Waals surface area contributed by atoms with E-state index in [1.807, 2.05) is 78.9 Å². The summed E-state index contributed by atoms with van der Waals surface area (Å²) >= 11 is 12.1. The smallest absolute Gasteiger partial charge is 0.137 e. The van der Waals surface area contributed by atoms with Crippen molar-refractivity contribution in [2.75, 3.05) is 6.61 Å². The Labute approximate surface area is 173 Å². The third kappa shape index (κ3) is 4.22. The van der Waals surface area contributed by atoms with Crippen LogP contribution in [-0.4, -0.2) is 16.2 Å². The van der Waals surface area contributed by atoms with Gasteiger partial charge in [0, 0.05) is 5.02 Å². The van der Waals surface area contributed by atoms with E-state index in [9.17, 15) is 0 Å². The van der Waals surface area contributed by atoms with Crippen LogP contribution in [0.25, 0.3) is 23.2 Å². The van der Waals surface area contributed by atoms with Crippen LogP contribution in [0.2, 0.25) is 10.0 Å². The third-order valence-electron chi connectivity index (χ3n) is 4.39. The van der Waals surface area contributed by atoms with Crippen molar-refractivity contribution in [2.24, 2.45) is 0 Å². The van der Waals surface area contributed by atoms with Crippen LogP contribution >= 0.6 is 23.2 Å². The van der Waals surface area contributed by atoms with Gasteiger partial charge in [-0.05, 0) is 48.0 Å². The number of hydrogen-bond donors (Lipinski definition) is 0. The van der Waals surface area contributed by atoms with Crippen LogP contribution in [0.4, 0.5) is 0 Å². The Morgan fingerprint density at radius 3 is 2.43 bits per heavy atom. The molecule has 0 saturated carbocycles. The van der Waals surface area contributed by atoms with Crippen LogP contribution in [0.5, 0.6) is 5.75 Å². The van der Waals surface area contributed by atoms with Gasteiger partial charge in [-0.1, -0.05) is 65.7 Å². The monoisotopic (exact) mass is 408 g/mol. The highest BCUT2D eigenvalue weighted by molar-refractivity contribution is 6.32. The predicted octanol–water partition coefficient (Wildman–Crippen LogP) is 6.59. The number of nitrogens with zero attached hydrogens (tertiary/aromatic N) is 2. The standard InChI is InChI=1S/C23H18Cl2N2O/c24-18-12-9-17(10-13-18)11-14-23-26-20-6-2-3-7-21(20)27(23)15-16-28-22-8-4-1-5-19(22)25/h1-14H,15-16H2/b14-11+. The van der Waals surface area contributed by atoms with E-state index in [1.165, 1.54) is 0 Å². The molecule has 0 aliphatic heterocycles. The Morgan fingerprint density at radius 1 is 0.857 bits per heavy atom. The molecular weight excluding hydrogens is 391 g/mol. The number of rotatable bonds is 6. The quantitative estimate of drug-likeness (QED) is 0.359. The van der Waals surface area contributed by atoms with Crippen molar-refractivity contribution in [3.8, 4) is 5.75 Å². The van der Waals surface area contributed by atoms with Gasteiger partial charge in [-0.2, -0.15) is 0 Å². The number of benzene rings is 3. The molecule has 0 spiro atoms. The maximum Gasteiger partial charge on any atom is 0.137 e. The van der Waals surface area contributed by atoms with Crippen molar-refractivity contribution in [1.29, 1.82) is 0 Å². The van der Waals surface area contributed by atoms with Gasteiger partial charge in [0.1, 0.15) is 18.2 Å². The first-order valence-electron chi connectivity index (χ1n) is 8.97. The van der Waals surface area contributed by atoms with Crippen molar-refractivity contribution in [2.45, 2.75) is 6.54 Å². The second kappa shape index (κ2) is 8.51. The van der Waals surface area contributed by atoms with Gasteiger partial charge in [-0.15, -0.1) is 0 Å². The van der Waals surface area contributed by atoms with E-state index in [1.54, 1.807) is 0 Å². The van der Waals surface area contributed by atoms with Crippen LogP contribution in [0.15, 0.2) is 72.8 Å². The van der Waals surface area contributed by atoms with Crippen LogP contribution in [0.1, 0.15) is 11.4 Å². The van der Waals surface area contributed by atoms with Crippen LogP contribution < -0.4 is 4.74 Å². The minimum Gasteiger partial charge on any atom is -0.490 e. The molecule has 3 nitrogen and oxygen atoms in total. The summed E-state index contributed by atoms with van der Waals surface area (Å²) in [5.74, 6) is 1.56. The molecule has 0 aliphatic carbocycles. The number of aromatic nitrogens is 2. The molecule has 0 N–H and O–H groups in total. The number of halogens is 2. The number of para-hydroxylation sites is 3. The number of imidazole rings is 1. The molecule has 140 valence electrons. The van der Waals surface area contributed by atoms with E-state index in [4.69, 9.17) is 32.9 Å². The molecule has 3 aromatic carbocycles. The minimum atomic E-state index is 0.492. The molecule has 1 heterocycles. The molecule has 4 rings (SSSR count). The number of fused-ring (bicyclic) bond motifs is 1. The SMILES string of the molecule is Clc1ccc(/C=C/c2nc3ccccc3n2CCOc2ccccc2Cl)cc1. The second-order valence-corrected chi connectivity index (χ2v) is 7.12. The van der Waals surface area contributed by atoms with Gasteiger partial charge in [-0.25, -0.2) is 4.98 Å². The summed E-state index contributed by atoms with van der Waals surface area (Å²) in [5, 5.41) is 1.34. The molecular formula is C23H18Cl2N2O. The third-order valence-corrected chi connectivity index (χ3v) is 4.95. The van der Waals surface area contributed by atoms with E-state index >= 15 is 0 Å². The summed E-state index contributed by atoms with van der Waals surface area (Å²) < 4.78 is 8.02. The number of ether oxygens (including phenoxy) is 1. The Kier molecular flexibility index (Phi) is 5.65. The molecule has 0 amide bonds. The van der Waals surface area contributed by atoms with Crippen molar-refractivity contribution in [3.63, 3.8) is 0 Å². The fourth-order valence-electron chi connectivity index (χ4n) is 3.01. The maximum absolute atomic E-state index is 6.18. The predicted molar refractivity (Wildman–Crippen MR) is 117 cm³/mol. The van der Waals surface area contributed by atoms with Crippen LogP contribution in [-0.2, 0) is 6.54 Å². The highest BCUT2D eigenvalue weighted by Crippen LogP contribution is 2.24. The van der Waals surface area contributed by atoms with Crippen molar-refractivity contribution >= 4 is 46.4 Å². The van der Waals surface area contributed by atoms with Gasteiger partial charge in [0.2, 0.25) is 0 Å². The zero-order valence-electron chi connectivity index (χ0n) is 15.1. The number of hydrogen-bond acceptors (Lipinski definition) is 2. The molecule has 4 aromatic rings. The van der Waals surface area contributed by atoms with E-state index < -0.39 is 0 Å². The summed E-state index contributed by atoms with van der Waals surface area (Å²) in [6.45, 7) is 1.15. The fourth-order valence-corrected chi connectivity index (χ4v) is 3.33. The Hall–Kier alpha value is -2.75. The first-order valence-corrected chi connectivity index (χ1v) is 9.72. The largest absolute Gasteiger partial charge is 0.490 e. The Bertz CT molecular complexity index is 1120. The molecule has 0 atom stereocenters. The van der Waals surface area contributed by atoms with Gasteiger partial charge >= 0.3 is 0 Å². The summed E-state index contributed by atoms with van der Waals surface area (Å²) in [6, 6.07) is 23.3. The second-order valence-electron chi connectivity index (χ2n) is 6.27. The fraction of sp³-hybridized carbons (Fsp3) is 0.0870.